The van der Waals surface area contributed by atoms with Gasteiger partial charge in [-0.15, -0.1) is 0 Å². The quantitative estimate of drug-likeness (QED) is 0.103. The van der Waals surface area contributed by atoms with Crippen molar-refractivity contribution in [3.05, 3.63) is 267 Å². The SMILES string of the molecule is CC1(C)OB(c2cccc(-c3cccc4c(-c5cccnc5)nc5ccccc5c34)c2)OC1(C)C.c1ccc(-c2nc(-c3ccccc3)nc(-c3ccc(-c4cccc(-c5cccc6c(-c7cccnc7)nc7ccccc7c56)c4)cc3)n2)cc1. The number of hydrogen-bond acceptors (Lipinski definition) is 9. The van der Waals surface area contributed by atoms with Crippen LogP contribution in [0.3, 0.4) is 0 Å². The third-order valence-electron chi connectivity index (χ3n) is 16.4. The maximum Gasteiger partial charge on any atom is 0.494 e. The Bertz CT molecular complexity index is 4700. The summed E-state index contributed by atoms with van der Waals surface area (Å²) >= 11 is 0. The average Bonchev–Trinajstić information content (AvgIpc) is 3.33. The number of benzene rings is 9. The van der Waals surface area contributed by atoms with E-state index in [-0.39, 0.29) is 11.2 Å². The molecule has 1 fully saturated rings. The molecule has 85 heavy (non-hydrogen) atoms. The van der Waals surface area contributed by atoms with Crippen LogP contribution in [-0.2, 0) is 9.31 Å². The van der Waals surface area contributed by atoms with Gasteiger partial charge in [0.05, 0.1) is 33.6 Å². The molecule has 10 heteroatoms. The summed E-state index contributed by atoms with van der Waals surface area (Å²) in [6.45, 7) is 8.34. The maximum absolute atomic E-state index is 6.34. The Kier molecular flexibility index (Phi) is 13.7. The molecular formula is C75H56BN7O2. The van der Waals surface area contributed by atoms with Crippen molar-refractivity contribution in [1.82, 2.24) is 34.9 Å². The van der Waals surface area contributed by atoms with Crippen LogP contribution in [0.2, 0.25) is 0 Å². The van der Waals surface area contributed by atoms with Crippen molar-refractivity contribution >= 4 is 55.9 Å². The maximum atomic E-state index is 6.34. The molecule has 0 aliphatic carbocycles. The average molecular weight is 1100 g/mol. The Morgan fingerprint density at radius 3 is 1.19 bits per heavy atom. The zero-order valence-electron chi connectivity index (χ0n) is 47.4. The minimum absolute atomic E-state index is 0.381. The van der Waals surface area contributed by atoms with Gasteiger partial charge in [0, 0.05) is 84.9 Å². The van der Waals surface area contributed by atoms with E-state index in [0.717, 1.165) is 111 Å². The summed E-state index contributed by atoms with van der Waals surface area (Å²) in [7, 11) is -0.403. The largest absolute Gasteiger partial charge is 0.494 e. The van der Waals surface area contributed by atoms with Crippen LogP contribution in [0.1, 0.15) is 27.7 Å². The molecule has 1 aliphatic heterocycles. The van der Waals surface area contributed by atoms with Gasteiger partial charge in [0.15, 0.2) is 17.5 Å². The lowest BCUT2D eigenvalue weighted by atomic mass is 9.77. The van der Waals surface area contributed by atoms with E-state index < -0.39 is 7.12 Å². The van der Waals surface area contributed by atoms with Gasteiger partial charge in [0.1, 0.15) is 0 Å². The van der Waals surface area contributed by atoms with Crippen molar-refractivity contribution < 1.29 is 9.31 Å². The summed E-state index contributed by atoms with van der Waals surface area (Å²) < 4.78 is 12.7. The van der Waals surface area contributed by atoms with Gasteiger partial charge in [0.25, 0.3) is 0 Å². The summed E-state index contributed by atoms with van der Waals surface area (Å²) in [5.41, 5.74) is 15.7. The molecule has 14 aromatic rings. The van der Waals surface area contributed by atoms with Crippen LogP contribution >= 0.6 is 0 Å². The summed E-state index contributed by atoms with van der Waals surface area (Å²) in [4.78, 5) is 33.5. The topological polar surface area (TPSA) is 109 Å². The van der Waals surface area contributed by atoms with Crippen LogP contribution < -0.4 is 5.46 Å². The van der Waals surface area contributed by atoms with Gasteiger partial charge in [-0.1, -0.05) is 200 Å². The first-order valence-corrected chi connectivity index (χ1v) is 28.6. The summed E-state index contributed by atoms with van der Waals surface area (Å²) in [6, 6.07) is 83.5. The first-order chi connectivity index (χ1) is 41.6. The molecule has 5 aromatic heterocycles. The number of hydrogen-bond donors (Lipinski definition) is 0. The highest BCUT2D eigenvalue weighted by Crippen LogP contribution is 2.42. The molecule has 1 aliphatic rings. The molecule has 0 unspecified atom stereocenters. The molecule has 0 saturated carbocycles. The van der Waals surface area contributed by atoms with Gasteiger partial charge in [0.2, 0.25) is 0 Å². The summed E-state index contributed by atoms with van der Waals surface area (Å²) in [5, 5.41) is 6.83. The number of para-hydroxylation sites is 2. The van der Waals surface area contributed by atoms with Gasteiger partial charge in [-0.3, -0.25) is 9.97 Å². The van der Waals surface area contributed by atoms with Crippen molar-refractivity contribution in [3.8, 4) is 90.1 Å². The van der Waals surface area contributed by atoms with E-state index in [0.29, 0.717) is 17.5 Å². The molecule has 406 valence electrons. The Morgan fingerprint density at radius 2 is 0.694 bits per heavy atom. The zero-order chi connectivity index (χ0) is 57.5. The van der Waals surface area contributed by atoms with Crippen molar-refractivity contribution in [1.29, 1.82) is 0 Å². The van der Waals surface area contributed by atoms with Crippen LogP contribution in [0.4, 0.5) is 0 Å². The fraction of sp³-hybridized carbons (Fsp3) is 0.0800. The summed E-state index contributed by atoms with van der Waals surface area (Å²) in [5.74, 6) is 1.94. The lowest BCUT2D eigenvalue weighted by Gasteiger charge is -2.32. The molecule has 15 rings (SSSR count). The van der Waals surface area contributed by atoms with Crippen LogP contribution in [0.5, 0.6) is 0 Å². The minimum atomic E-state index is -0.403. The van der Waals surface area contributed by atoms with Crippen molar-refractivity contribution in [2.45, 2.75) is 38.9 Å². The molecule has 0 radical (unpaired) electrons. The predicted octanol–water partition coefficient (Wildman–Crippen LogP) is 17.4. The number of rotatable bonds is 9. The monoisotopic (exact) mass is 1100 g/mol. The standard InChI is InChI=1S/C45H29N5.C30H27BN2O2/c1-3-12-31(13-4-1)43-48-44(32-14-5-2-6-15-32)50-45(49-43)33-25-23-30(24-26-33)34-16-9-17-35(28-34)37-20-10-21-39-41(37)38-19-7-8-22-40(38)47-42(39)36-18-11-27-46-29-36;1-29(2)30(3,4)35-31(34-29)22-12-7-10-20(18-22)23-14-8-15-25-27(23)24-13-5-6-16-26(24)33-28(25)21-11-9-17-32-19-21/h1-29H;5-19H,1-4H3. The van der Waals surface area contributed by atoms with Gasteiger partial charge in [-0.25, -0.2) is 24.9 Å². The highest BCUT2D eigenvalue weighted by Gasteiger charge is 2.51. The Hall–Kier alpha value is -10.4. The highest BCUT2D eigenvalue weighted by molar-refractivity contribution is 6.62. The third kappa shape index (κ3) is 10.2. The molecule has 6 heterocycles. The fourth-order valence-corrected chi connectivity index (χ4v) is 11.4. The normalized spacial score (nSPS) is 13.5. The van der Waals surface area contributed by atoms with Crippen LogP contribution in [-0.4, -0.2) is 53.2 Å². The molecular weight excluding hydrogens is 1040 g/mol. The fourth-order valence-electron chi connectivity index (χ4n) is 11.4. The second kappa shape index (κ2) is 22.1. The molecule has 0 amide bonds. The lowest BCUT2D eigenvalue weighted by molar-refractivity contribution is 0.00578. The predicted molar refractivity (Wildman–Crippen MR) is 347 cm³/mol. The van der Waals surface area contributed by atoms with E-state index in [1.165, 1.54) is 10.8 Å². The van der Waals surface area contributed by atoms with Crippen LogP contribution in [0, 0.1) is 0 Å². The molecule has 0 spiro atoms. The minimum Gasteiger partial charge on any atom is -0.399 e. The van der Waals surface area contributed by atoms with E-state index in [1.807, 2.05) is 97.3 Å². The first-order valence-electron chi connectivity index (χ1n) is 28.6. The number of aromatic nitrogens is 7. The first kappa shape index (κ1) is 52.7. The molecule has 9 aromatic carbocycles. The van der Waals surface area contributed by atoms with Gasteiger partial charge >= 0.3 is 7.12 Å². The molecule has 0 atom stereocenters. The Morgan fingerprint density at radius 1 is 0.306 bits per heavy atom. The van der Waals surface area contributed by atoms with Gasteiger partial charge < -0.3 is 9.31 Å². The zero-order valence-corrected chi connectivity index (χ0v) is 47.4. The molecule has 0 N–H and O–H groups in total. The Balaban J connectivity index is 0.000000161. The van der Waals surface area contributed by atoms with E-state index in [9.17, 15) is 0 Å². The van der Waals surface area contributed by atoms with Crippen LogP contribution in [0.15, 0.2) is 267 Å². The lowest BCUT2D eigenvalue weighted by Crippen LogP contribution is -2.41. The van der Waals surface area contributed by atoms with E-state index in [2.05, 4.69) is 195 Å². The van der Waals surface area contributed by atoms with E-state index in [1.54, 1.807) is 12.4 Å². The smallest absolute Gasteiger partial charge is 0.399 e. The van der Waals surface area contributed by atoms with E-state index in [4.69, 9.17) is 34.2 Å². The van der Waals surface area contributed by atoms with Crippen LogP contribution in [0.25, 0.3) is 133 Å². The van der Waals surface area contributed by atoms with Crippen molar-refractivity contribution in [2.24, 2.45) is 0 Å². The molecule has 1 saturated heterocycles. The second-order valence-electron chi connectivity index (χ2n) is 22.3. The van der Waals surface area contributed by atoms with Crippen molar-refractivity contribution in [2.75, 3.05) is 0 Å². The van der Waals surface area contributed by atoms with Gasteiger partial charge in [-0.2, -0.15) is 0 Å². The number of fused-ring (bicyclic) bond motifs is 6. The number of nitrogens with zero attached hydrogens (tertiary/aromatic N) is 7. The summed E-state index contributed by atoms with van der Waals surface area (Å²) in [6.07, 6.45) is 7.35. The third-order valence-corrected chi connectivity index (χ3v) is 16.4. The highest BCUT2D eigenvalue weighted by atomic mass is 16.7. The van der Waals surface area contributed by atoms with E-state index >= 15 is 0 Å². The molecule has 9 nitrogen and oxygen atoms in total. The number of pyridine rings is 4. The molecule has 0 bridgehead atoms. The second-order valence-corrected chi connectivity index (χ2v) is 22.3. The Labute approximate surface area is 494 Å². The van der Waals surface area contributed by atoms with Crippen molar-refractivity contribution in [3.63, 3.8) is 0 Å². The van der Waals surface area contributed by atoms with Gasteiger partial charge in [-0.05, 0) is 109 Å².